The topological polar surface area (TPSA) is 47.6 Å². The first-order valence-corrected chi connectivity index (χ1v) is 9.35. The molecule has 28 heavy (non-hydrogen) atoms. The van der Waals surface area contributed by atoms with E-state index in [9.17, 15) is 4.79 Å². The van der Waals surface area contributed by atoms with Crippen molar-refractivity contribution in [2.24, 2.45) is 0 Å². The molecule has 1 N–H and O–H groups in total. The van der Waals surface area contributed by atoms with Gasteiger partial charge in [-0.15, -0.1) is 0 Å². The van der Waals surface area contributed by atoms with Gasteiger partial charge in [-0.05, 0) is 48.9 Å². The van der Waals surface area contributed by atoms with Crippen molar-refractivity contribution in [2.45, 2.75) is 19.6 Å². The molecule has 0 aliphatic rings. The van der Waals surface area contributed by atoms with Crippen LogP contribution >= 0.6 is 11.6 Å². The summed E-state index contributed by atoms with van der Waals surface area (Å²) >= 11 is 6.15. The van der Waals surface area contributed by atoms with Gasteiger partial charge in [-0.25, -0.2) is 0 Å². The van der Waals surface area contributed by atoms with Gasteiger partial charge in [0.25, 0.3) is 5.91 Å². The smallest absolute Gasteiger partial charge is 0.251 e. The van der Waals surface area contributed by atoms with Gasteiger partial charge in [0.05, 0.1) is 13.2 Å². The van der Waals surface area contributed by atoms with Crippen LogP contribution in [0.2, 0.25) is 5.02 Å². The highest BCUT2D eigenvalue weighted by atomic mass is 35.5. The van der Waals surface area contributed by atoms with Gasteiger partial charge >= 0.3 is 0 Å². The number of halogens is 1. The molecule has 5 heteroatoms. The fourth-order valence-electron chi connectivity index (χ4n) is 2.76. The van der Waals surface area contributed by atoms with Gasteiger partial charge in [-0.2, -0.15) is 0 Å². The van der Waals surface area contributed by atoms with Gasteiger partial charge in [0.1, 0.15) is 18.1 Å². The van der Waals surface area contributed by atoms with Crippen molar-refractivity contribution in [3.8, 4) is 11.5 Å². The molecule has 0 aromatic heterocycles. The Morgan fingerprint density at radius 3 is 2.46 bits per heavy atom. The number of benzene rings is 3. The summed E-state index contributed by atoms with van der Waals surface area (Å²) in [4.78, 5) is 12.6. The number of hydrogen-bond donors (Lipinski definition) is 1. The van der Waals surface area contributed by atoms with Crippen molar-refractivity contribution in [1.82, 2.24) is 5.32 Å². The van der Waals surface area contributed by atoms with Crippen molar-refractivity contribution >= 4 is 17.5 Å². The number of rotatable bonds is 7. The fourth-order valence-corrected chi connectivity index (χ4v) is 2.95. The Labute approximate surface area is 170 Å². The number of methoxy groups -OCH3 is 1. The number of carbonyl (C=O) groups is 1. The predicted octanol–water partition coefficient (Wildman–Crippen LogP) is 5.42. The van der Waals surface area contributed by atoms with E-state index in [-0.39, 0.29) is 11.9 Å². The Balaban J connectivity index is 1.63. The Hall–Kier alpha value is -2.98. The number of amides is 1. The minimum atomic E-state index is -0.161. The van der Waals surface area contributed by atoms with Crippen LogP contribution in [0, 0.1) is 0 Å². The molecule has 0 fully saturated rings. The third kappa shape index (κ3) is 5.05. The van der Waals surface area contributed by atoms with E-state index in [0.717, 1.165) is 16.9 Å². The quantitative estimate of drug-likeness (QED) is 0.581. The fraction of sp³-hybridized carbons (Fsp3) is 0.174. The molecule has 0 radical (unpaired) electrons. The first kappa shape index (κ1) is 19.8. The molecule has 1 amide bonds. The average Bonchev–Trinajstić information content (AvgIpc) is 2.73. The standard InChI is InChI=1S/C23H22ClNO3/c1-16(17-10-12-20(27-2)13-11-17)25-23(26)18-7-5-8-21(14-18)28-15-19-6-3-4-9-22(19)24/h3-14,16H,15H2,1-2H3,(H,25,26)/t16-/m1/s1. The highest BCUT2D eigenvalue weighted by Crippen LogP contribution is 2.21. The van der Waals surface area contributed by atoms with Crippen LogP contribution < -0.4 is 14.8 Å². The van der Waals surface area contributed by atoms with E-state index in [4.69, 9.17) is 21.1 Å². The number of hydrogen-bond acceptors (Lipinski definition) is 3. The van der Waals surface area contributed by atoms with Crippen LogP contribution in [0.15, 0.2) is 72.8 Å². The Morgan fingerprint density at radius 1 is 1.00 bits per heavy atom. The first-order chi connectivity index (χ1) is 13.6. The van der Waals surface area contributed by atoms with Gasteiger partial charge in [-0.1, -0.05) is 48.0 Å². The number of ether oxygens (including phenoxy) is 2. The molecule has 0 heterocycles. The largest absolute Gasteiger partial charge is 0.497 e. The SMILES string of the molecule is COc1ccc([C@@H](C)NC(=O)c2cccc(OCc3ccccc3Cl)c2)cc1. The zero-order chi connectivity index (χ0) is 19.9. The van der Waals surface area contributed by atoms with E-state index in [2.05, 4.69) is 5.32 Å². The molecule has 0 bridgehead atoms. The Bertz CT molecular complexity index is 941. The maximum Gasteiger partial charge on any atom is 0.251 e. The van der Waals surface area contributed by atoms with Crippen LogP contribution in [0.3, 0.4) is 0 Å². The highest BCUT2D eigenvalue weighted by Gasteiger charge is 2.12. The van der Waals surface area contributed by atoms with Gasteiger partial charge in [-0.3, -0.25) is 4.79 Å². The molecule has 3 aromatic rings. The normalized spacial score (nSPS) is 11.5. The lowest BCUT2D eigenvalue weighted by molar-refractivity contribution is 0.0939. The molecule has 4 nitrogen and oxygen atoms in total. The van der Waals surface area contributed by atoms with Crippen LogP contribution in [0.5, 0.6) is 11.5 Å². The summed E-state index contributed by atoms with van der Waals surface area (Å²) in [5.41, 5.74) is 2.43. The summed E-state index contributed by atoms with van der Waals surface area (Å²) in [5.74, 6) is 1.24. The van der Waals surface area contributed by atoms with E-state index in [0.29, 0.717) is 22.9 Å². The van der Waals surface area contributed by atoms with Crippen LogP contribution in [0.25, 0.3) is 0 Å². The summed E-state index contributed by atoms with van der Waals surface area (Å²) in [5, 5.41) is 3.66. The lowest BCUT2D eigenvalue weighted by Gasteiger charge is -2.15. The van der Waals surface area contributed by atoms with Crippen molar-refractivity contribution in [1.29, 1.82) is 0 Å². The second kappa shape index (κ2) is 9.29. The lowest BCUT2D eigenvalue weighted by Crippen LogP contribution is -2.26. The zero-order valence-corrected chi connectivity index (χ0v) is 16.6. The van der Waals surface area contributed by atoms with Gasteiger partial charge in [0.2, 0.25) is 0 Å². The average molecular weight is 396 g/mol. The molecule has 0 saturated heterocycles. The van der Waals surface area contributed by atoms with Gasteiger partial charge in [0, 0.05) is 16.1 Å². The lowest BCUT2D eigenvalue weighted by atomic mass is 10.1. The third-order valence-electron chi connectivity index (χ3n) is 4.41. The maximum atomic E-state index is 12.6. The Kier molecular flexibility index (Phi) is 6.56. The number of nitrogens with one attached hydrogen (secondary N) is 1. The summed E-state index contributed by atoms with van der Waals surface area (Å²) < 4.78 is 11.0. The molecule has 0 aliphatic heterocycles. The van der Waals surface area contributed by atoms with E-state index in [1.54, 1.807) is 25.3 Å². The van der Waals surface area contributed by atoms with Gasteiger partial charge < -0.3 is 14.8 Å². The van der Waals surface area contributed by atoms with E-state index < -0.39 is 0 Å². The predicted molar refractivity (Wildman–Crippen MR) is 111 cm³/mol. The molecule has 0 aliphatic carbocycles. The van der Waals surface area contributed by atoms with Crippen LogP contribution in [0.4, 0.5) is 0 Å². The van der Waals surface area contributed by atoms with Crippen molar-refractivity contribution in [2.75, 3.05) is 7.11 Å². The second-order valence-electron chi connectivity index (χ2n) is 6.38. The minimum Gasteiger partial charge on any atom is -0.497 e. The monoisotopic (exact) mass is 395 g/mol. The third-order valence-corrected chi connectivity index (χ3v) is 4.78. The zero-order valence-electron chi connectivity index (χ0n) is 15.8. The second-order valence-corrected chi connectivity index (χ2v) is 6.78. The summed E-state index contributed by atoms with van der Waals surface area (Å²) in [6.45, 7) is 2.28. The summed E-state index contributed by atoms with van der Waals surface area (Å²) in [6.07, 6.45) is 0. The highest BCUT2D eigenvalue weighted by molar-refractivity contribution is 6.31. The number of carbonyl (C=O) groups excluding carboxylic acids is 1. The molecule has 1 atom stereocenters. The molecule has 3 aromatic carbocycles. The molecule has 144 valence electrons. The van der Waals surface area contributed by atoms with Crippen molar-refractivity contribution in [3.05, 3.63) is 94.5 Å². The Morgan fingerprint density at radius 2 is 1.75 bits per heavy atom. The van der Waals surface area contributed by atoms with Crippen molar-refractivity contribution in [3.63, 3.8) is 0 Å². The molecular formula is C23H22ClNO3. The maximum absolute atomic E-state index is 12.6. The molecule has 0 saturated carbocycles. The van der Waals surface area contributed by atoms with E-state index in [1.807, 2.05) is 61.5 Å². The minimum absolute atomic E-state index is 0.133. The summed E-state index contributed by atoms with van der Waals surface area (Å²) in [6, 6.07) is 22.1. The van der Waals surface area contributed by atoms with Crippen LogP contribution in [-0.4, -0.2) is 13.0 Å². The summed E-state index contributed by atoms with van der Waals surface area (Å²) in [7, 11) is 1.63. The molecule has 3 rings (SSSR count). The van der Waals surface area contributed by atoms with E-state index >= 15 is 0 Å². The van der Waals surface area contributed by atoms with Crippen LogP contribution in [-0.2, 0) is 6.61 Å². The van der Waals surface area contributed by atoms with Crippen molar-refractivity contribution < 1.29 is 14.3 Å². The van der Waals surface area contributed by atoms with Gasteiger partial charge in [0.15, 0.2) is 0 Å². The van der Waals surface area contributed by atoms with Crippen LogP contribution in [0.1, 0.15) is 34.5 Å². The first-order valence-electron chi connectivity index (χ1n) is 8.98. The van der Waals surface area contributed by atoms with E-state index in [1.165, 1.54) is 0 Å². The molecule has 0 unspecified atom stereocenters. The molecule has 0 spiro atoms. The molecular weight excluding hydrogens is 374 g/mol.